The van der Waals surface area contributed by atoms with Crippen LogP contribution in [-0.4, -0.2) is 24.6 Å². The number of hydrogen-bond acceptors (Lipinski definition) is 3. The zero-order valence-electron chi connectivity index (χ0n) is 10.1. The van der Waals surface area contributed by atoms with Crippen LogP contribution in [0.3, 0.4) is 0 Å². The molecule has 7 heteroatoms. The van der Waals surface area contributed by atoms with Crippen molar-refractivity contribution in [2.75, 3.05) is 0 Å². The average molecular weight is 335 g/mol. The maximum absolute atomic E-state index is 12.3. The van der Waals surface area contributed by atoms with Gasteiger partial charge in [0.25, 0.3) is 0 Å². The normalized spacial score (nSPS) is 14.8. The smallest absolute Gasteiger partial charge is 0.313 e. The van der Waals surface area contributed by atoms with Crippen molar-refractivity contribution in [3.8, 4) is 0 Å². The second-order valence-electron chi connectivity index (χ2n) is 3.96. The van der Waals surface area contributed by atoms with E-state index in [1.807, 2.05) is 6.92 Å². The molecule has 0 fully saturated rings. The summed E-state index contributed by atoms with van der Waals surface area (Å²) in [6.45, 7) is 3.50. The summed E-state index contributed by atoms with van der Waals surface area (Å²) in [6.07, 6.45) is 0. The van der Waals surface area contributed by atoms with Gasteiger partial charge in [0.05, 0.1) is 4.90 Å². The number of carbonyl (C=O) groups is 1. The summed E-state index contributed by atoms with van der Waals surface area (Å²) in [6, 6.07) is 5.55. The first-order valence-electron chi connectivity index (χ1n) is 5.25. The number of sulfone groups is 1. The zero-order valence-corrected chi connectivity index (χ0v) is 12.5. The predicted molar refractivity (Wildman–Crippen MR) is 73.3 cm³/mol. The number of rotatable bonds is 4. The van der Waals surface area contributed by atoms with Crippen LogP contribution in [0.25, 0.3) is 0 Å². The number of primary amides is 1. The number of nitrogens with one attached hydrogen (secondary N) is 1. The van der Waals surface area contributed by atoms with E-state index < -0.39 is 26.1 Å². The molecule has 0 saturated heterocycles. The van der Waals surface area contributed by atoms with Gasteiger partial charge in [-0.05, 0) is 26.0 Å². The highest BCUT2D eigenvalue weighted by Crippen LogP contribution is 2.20. The molecule has 0 bridgehead atoms. The van der Waals surface area contributed by atoms with Crippen LogP contribution in [0.4, 0.5) is 4.79 Å². The van der Waals surface area contributed by atoms with Gasteiger partial charge in [0.2, 0.25) is 0 Å². The molecule has 1 aromatic rings. The largest absolute Gasteiger partial charge is 0.352 e. The highest BCUT2D eigenvalue weighted by atomic mass is 79.9. The predicted octanol–water partition coefficient (Wildman–Crippen LogP) is 1.55. The van der Waals surface area contributed by atoms with Gasteiger partial charge in [-0.2, -0.15) is 0 Å². The molecule has 2 atom stereocenters. The quantitative estimate of drug-likeness (QED) is 0.818. The fraction of sp³-hybridized carbons (Fsp3) is 0.364. The minimum absolute atomic E-state index is 0.151. The van der Waals surface area contributed by atoms with E-state index in [1.165, 1.54) is 12.1 Å². The lowest BCUT2D eigenvalue weighted by Gasteiger charge is -2.20. The average Bonchev–Trinajstić information content (AvgIpc) is 2.25. The molecule has 0 spiro atoms. The third-order valence-electron chi connectivity index (χ3n) is 2.39. The first kappa shape index (κ1) is 15.0. The van der Waals surface area contributed by atoms with Crippen molar-refractivity contribution < 1.29 is 13.2 Å². The number of hydrogen-bond donors (Lipinski definition) is 2. The van der Waals surface area contributed by atoms with Crippen molar-refractivity contribution in [2.24, 2.45) is 5.73 Å². The number of aryl methyl sites for hydroxylation is 1. The fourth-order valence-corrected chi connectivity index (χ4v) is 4.01. The SMILES string of the molecule is Cc1ccc(S(=O)(=O)C(NC(N)=O)C(C)Br)cc1. The molecule has 0 aromatic heterocycles. The number of benzene rings is 1. The van der Waals surface area contributed by atoms with Crippen LogP contribution in [0.5, 0.6) is 0 Å². The van der Waals surface area contributed by atoms with Crippen LogP contribution in [0, 0.1) is 6.92 Å². The molecule has 5 nitrogen and oxygen atoms in total. The van der Waals surface area contributed by atoms with Crippen LogP contribution in [-0.2, 0) is 9.84 Å². The molecule has 3 N–H and O–H groups in total. The molecule has 18 heavy (non-hydrogen) atoms. The summed E-state index contributed by atoms with van der Waals surface area (Å²) in [7, 11) is -3.67. The van der Waals surface area contributed by atoms with Crippen molar-refractivity contribution >= 4 is 31.8 Å². The van der Waals surface area contributed by atoms with Crippen LogP contribution < -0.4 is 11.1 Å². The first-order valence-corrected chi connectivity index (χ1v) is 7.72. The Bertz CT molecular complexity index is 526. The van der Waals surface area contributed by atoms with E-state index in [4.69, 9.17) is 5.73 Å². The fourth-order valence-electron chi connectivity index (χ4n) is 1.45. The summed E-state index contributed by atoms with van der Waals surface area (Å²) in [5, 5.41) is 1.14. The Hall–Kier alpha value is -1.08. The molecule has 0 aliphatic heterocycles. The van der Waals surface area contributed by atoms with Gasteiger partial charge >= 0.3 is 6.03 Å². The van der Waals surface area contributed by atoms with E-state index in [2.05, 4.69) is 21.2 Å². The molecule has 2 unspecified atom stereocenters. The molecule has 1 rings (SSSR count). The first-order chi connectivity index (χ1) is 8.25. The van der Waals surface area contributed by atoms with E-state index in [0.717, 1.165) is 5.56 Å². The molecule has 0 aliphatic carbocycles. The monoisotopic (exact) mass is 334 g/mol. The van der Waals surface area contributed by atoms with Crippen LogP contribution in [0.15, 0.2) is 29.2 Å². The Morgan fingerprint density at radius 1 is 1.33 bits per heavy atom. The number of alkyl halides is 1. The molecule has 1 aromatic carbocycles. The van der Waals surface area contributed by atoms with Crippen molar-refractivity contribution in [1.29, 1.82) is 0 Å². The van der Waals surface area contributed by atoms with Crippen molar-refractivity contribution in [3.05, 3.63) is 29.8 Å². The maximum atomic E-state index is 12.3. The molecule has 0 radical (unpaired) electrons. The van der Waals surface area contributed by atoms with Crippen molar-refractivity contribution in [1.82, 2.24) is 5.32 Å². The van der Waals surface area contributed by atoms with Gasteiger partial charge < -0.3 is 11.1 Å². The van der Waals surface area contributed by atoms with E-state index in [0.29, 0.717) is 0 Å². The molecule has 2 amide bonds. The number of halogens is 1. The Labute approximate surface area is 115 Å². The maximum Gasteiger partial charge on any atom is 0.313 e. The molecular weight excluding hydrogens is 320 g/mol. The van der Waals surface area contributed by atoms with Gasteiger partial charge in [0.1, 0.15) is 5.37 Å². The highest BCUT2D eigenvalue weighted by Gasteiger charge is 2.32. The number of amides is 2. The second kappa shape index (κ2) is 5.71. The van der Waals surface area contributed by atoms with E-state index in [-0.39, 0.29) is 4.90 Å². The molecule has 0 saturated carbocycles. The molecule has 0 heterocycles. The lowest BCUT2D eigenvalue weighted by atomic mass is 10.2. The number of nitrogens with two attached hydrogens (primary N) is 1. The summed E-state index contributed by atoms with van der Waals surface area (Å²) >= 11 is 3.17. The lowest BCUT2D eigenvalue weighted by Crippen LogP contribution is -2.47. The summed E-state index contributed by atoms with van der Waals surface area (Å²) in [4.78, 5) is 10.6. The Kier molecular flexibility index (Phi) is 4.75. The van der Waals surface area contributed by atoms with Crippen molar-refractivity contribution in [3.63, 3.8) is 0 Å². The van der Waals surface area contributed by atoms with Gasteiger partial charge in [0, 0.05) is 4.83 Å². The van der Waals surface area contributed by atoms with Crippen molar-refractivity contribution in [2.45, 2.75) is 28.9 Å². The van der Waals surface area contributed by atoms with E-state index >= 15 is 0 Å². The molecule has 0 aliphatic rings. The second-order valence-corrected chi connectivity index (χ2v) is 7.48. The third kappa shape index (κ3) is 3.46. The lowest BCUT2D eigenvalue weighted by molar-refractivity contribution is 0.248. The van der Waals surface area contributed by atoms with E-state index in [9.17, 15) is 13.2 Å². The van der Waals surface area contributed by atoms with Gasteiger partial charge in [-0.25, -0.2) is 13.2 Å². The summed E-state index contributed by atoms with van der Waals surface area (Å²) in [5.74, 6) is 0. The molecular formula is C11H15BrN2O3S. The zero-order chi connectivity index (χ0) is 13.9. The van der Waals surface area contributed by atoms with Crippen LogP contribution in [0.1, 0.15) is 12.5 Å². The number of urea groups is 1. The number of carbonyl (C=O) groups excluding carboxylic acids is 1. The van der Waals surface area contributed by atoms with Gasteiger partial charge in [0.15, 0.2) is 9.84 Å². The van der Waals surface area contributed by atoms with Crippen LogP contribution in [0.2, 0.25) is 0 Å². The van der Waals surface area contributed by atoms with Gasteiger partial charge in [-0.15, -0.1) is 0 Å². The summed E-state index contributed by atoms with van der Waals surface area (Å²) < 4.78 is 24.6. The standard InChI is InChI=1S/C11H15BrN2O3S/c1-7-3-5-9(6-4-7)18(16,17)10(8(2)12)14-11(13)15/h3-6,8,10H,1-2H3,(H3,13,14,15). The van der Waals surface area contributed by atoms with E-state index in [1.54, 1.807) is 19.1 Å². The molecule has 100 valence electrons. The highest BCUT2D eigenvalue weighted by molar-refractivity contribution is 9.09. The van der Waals surface area contributed by atoms with Gasteiger partial charge in [-0.3, -0.25) is 0 Å². The third-order valence-corrected chi connectivity index (χ3v) is 5.39. The topological polar surface area (TPSA) is 89.3 Å². The van der Waals surface area contributed by atoms with Gasteiger partial charge in [-0.1, -0.05) is 33.6 Å². The Morgan fingerprint density at radius 2 is 1.83 bits per heavy atom. The Morgan fingerprint density at radius 3 is 2.22 bits per heavy atom. The Balaban J connectivity index is 3.16. The minimum Gasteiger partial charge on any atom is -0.352 e. The minimum atomic E-state index is -3.67. The van der Waals surface area contributed by atoms with Crippen LogP contribution >= 0.6 is 15.9 Å². The summed E-state index contributed by atoms with van der Waals surface area (Å²) in [5.41, 5.74) is 5.95.